The molecule has 0 radical (unpaired) electrons. The Bertz CT molecular complexity index is 946. The van der Waals surface area contributed by atoms with Crippen LogP contribution < -0.4 is 4.74 Å². The van der Waals surface area contributed by atoms with Crippen molar-refractivity contribution in [1.82, 2.24) is 9.97 Å². The van der Waals surface area contributed by atoms with Crippen LogP contribution in [0.1, 0.15) is 27.9 Å². The van der Waals surface area contributed by atoms with Gasteiger partial charge in [-0.2, -0.15) is 0 Å². The maximum absolute atomic E-state index is 12.4. The Kier molecular flexibility index (Phi) is 6.86. The van der Waals surface area contributed by atoms with Crippen molar-refractivity contribution in [2.75, 3.05) is 0 Å². The minimum atomic E-state index is -0.553. The quantitative estimate of drug-likeness (QED) is 0.405. The zero-order chi connectivity index (χ0) is 19.8. The molecule has 1 heterocycles. The highest BCUT2D eigenvalue weighted by molar-refractivity contribution is 9.10. The summed E-state index contributed by atoms with van der Waals surface area (Å²) in [6, 6.07) is 14.0. The van der Waals surface area contributed by atoms with Crippen molar-refractivity contribution in [2.24, 2.45) is 0 Å². The van der Waals surface area contributed by atoms with Gasteiger partial charge in [0.25, 0.3) is 0 Å². The van der Waals surface area contributed by atoms with Gasteiger partial charge in [-0.15, -0.1) is 0 Å². The third-order valence-corrected chi connectivity index (χ3v) is 4.37. The van der Waals surface area contributed by atoms with E-state index in [0.29, 0.717) is 6.42 Å². The van der Waals surface area contributed by atoms with Gasteiger partial charge in [-0.1, -0.05) is 40.2 Å². The Morgan fingerprint density at radius 1 is 0.929 bits per heavy atom. The number of rotatable bonds is 7. The highest BCUT2D eigenvalue weighted by Crippen LogP contribution is 2.21. The Balaban J connectivity index is 1.59. The maximum atomic E-state index is 12.4. The molecule has 3 rings (SSSR count). The predicted octanol–water partition coefficient (Wildman–Crippen LogP) is 4.13. The number of halogens is 1. The monoisotopic (exact) mass is 440 g/mol. The van der Waals surface area contributed by atoms with Crippen LogP contribution in [0.25, 0.3) is 0 Å². The predicted molar refractivity (Wildman–Crippen MR) is 106 cm³/mol. The third kappa shape index (κ3) is 5.72. The second kappa shape index (κ2) is 9.75. The minimum Gasteiger partial charge on any atom is -0.457 e. The number of hydrogen-bond acceptors (Lipinski definition) is 6. The lowest BCUT2D eigenvalue weighted by Crippen LogP contribution is -2.13. The van der Waals surface area contributed by atoms with Crippen LogP contribution in [0, 0.1) is 0 Å². The normalized spacial score (nSPS) is 10.3. The first-order valence-corrected chi connectivity index (χ1v) is 9.36. The molecule has 0 atom stereocenters. The first kappa shape index (κ1) is 19.7. The van der Waals surface area contributed by atoms with Gasteiger partial charge >= 0.3 is 11.9 Å². The minimum absolute atomic E-state index is 0.127. The van der Waals surface area contributed by atoms with E-state index < -0.39 is 11.9 Å². The summed E-state index contributed by atoms with van der Waals surface area (Å²) in [6.07, 6.45) is 5.32. The van der Waals surface area contributed by atoms with Crippen molar-refractivity contribution in [3.05, 3.63) is 88.4 Å². The largest absolute Gasteiger partial charge is 0.457 e. The van der Waals surface area contributed by atoms with Gasteiger partial charge < -0.3 is 9.47 Å². The van der Waals surface area contributed by atoms with Crippen molar-refractivity contribution >= 4 is 27.9 Å². The van der Waals surface area contributed by atoms with Crippen LogP contribution >= 0.6 is 15.9 Å². The van der Waals surface area contributed by atoms with Crippen LogP contribution in [-0.2, 0) is 22.6 Å². The van der Waals surface area contributed by atoms with E-state index >= 15 is 0 Å². The number of hydrogen-bond donors (Lipinski definition) is 0. The SMILES string of the molecule is O=C(CCc1cncnc1)Oc1ccccc1C(=O)OCc1ccc(Br)cc1. The molecule has 1 aromatic heterocycles. The number of aryl methyl sites for hydroxylation is 1. The Morgan fingerprint density at radius 3 is 2.39 bits per heavy atom. The fourth-order valence-electron chi connectivity index (χ4n) is 2.41. The van der Waals surface area contributed by atoms with Gasteiger partial charge in [0, 0.05) is 16.9 Å². The summed E-state index contributed by atoms with van der Waals surface area (Å²) in [5.74, 6) is -0.822. The van der Waals surface area contributed by atoms with Gasteiger partial charge in [-0.25, -0.2) is 14.8 Å². The molecule has 6 nitrogen and oxygen atoms in total. The summed E-state index contributed by atoms with van der Waals surface area (Å²) in [6.45, 7) is 0.127. The zero-order valence-electron chi connectivity index (χ0n) is 14.9. The molecule has 28 heavy (non-hydrogen) atoms. The Hall–Kier alpha value is -3.06. The van der Waals surface area contributed by atoms with Crippen LogP contribution in [0.2, 0.25) is 0 Å². The standard InChI is InChI=1S/C21H17BrN2O4/c22-17-8-5-15(6-9-17)13-27-21(26)18-3-1-2-4-19(18)28-20(25)10-7-16-11-23-14-24-12-16/h1-6,8-9,11-12,14H,7,10,13H2. The summed E-state index contributed by atoms with van der Waals surface area (Å²) in [4.78, 5) is 32.4. The van der Waals surface area contributed by atoms with Crippen molar-refractivity contribution in [2.45, 2.75) is 19.4 Å². The summed E-state index contributed by atoms with van der Waals surface area (Å²) < 4.78 is 11.7. The second-order valence-corrected chi connectivity index (χ2v) is 6.84. The molecular formula is C21H17BrN2O4. The number of ether oxygens (including phenoxy) is 2. The summed E-state index contributed by atoms with van der Waals surface area (Å²) >= 11 is 3.36. The van der Waals surface area contributed by atoms with Gasteiger partial charge in [-0.05, 0) is 41.8 Å². The van der Waals surface area contributed by atoms with Gasteiger partial charge in [0.1, 0.15) is 24.2 Å². The molecule has 0 aliphatic heterocycles. The summed E-state index contributed by atoms with van der Waals surface area (Å²) in [5, 5.41) is 0. The van der Waals surface area contributed by atoms with Crippen LogP contribution in [0.4, 0.5) is 0 Å². The fourth-order valence-corrected chi connectivity index (χ4v) is 2.68. The molecule has 0 aliphatic rings. The van der Waals surface area contributed by atoms with Gasteiger partial charge in [0.2, 0.25) is 0 Å². The smallest absolute Gasteiger partial charge is 0.342 e. The molecule has 0 saturated carbocycles. The molecule has 0 fully saturated rings. The molecule has 3 aromatic rings. The van der Waals surface area contributed by atoms with Crippen LogP contribution in [0.5, 0.6) is 5.75 Å². The second-order valence-electron chi connectivity index (χ2n) is 5.92. The molecule has 2 aromatic carbocycles. The van der Waals surface area contributed by atoms with E-state index in [4.69, 9.17) is 9.47 Å². The summed E-state index contributed by atoms with van der Waals surface area (Å²) in [5.41, 5.74) is 1.90. The lowest BCUT2D eigenvalue weighted by atomic mass is 10.2. The first-order valence-electron chi connectivity index (χ1n) is 8.57. The van der Waals surface area contributed by atoms with Crippen LogP contribution in [0.15, 0.2) is 71.7 Å². The lowest BCUT2D eigenvalue weighted by molar-refractivity contribution is -0.134. The van der Waals surface area contributed by atoms with E-state index in [0.717, 1.165) is 15.6 Å². The average molecular weight is 441 g/mol. The Morgan fingerprint density at radius 2 is 1.64 bits per heavy atom. The molecule has 0 unspecified atom stereocenters. The summed E-state index contributed by atoms with van der Waals surface area (Å²) in [7, 11) is 0. The lowest BCUT2D eigenvalue weighted by Gasteiger charge is -2.10. The number of aromatic nitrogens is 2. The van der Waals surface area contributed by atoms with E-state index in [2.05, 4.69) is 25.9 Å². The molecule has 0 N–H and O–H groups in total. The highest BCUT2D eigenvalue weighted by Gasteiger charge is 2.16. The van der Waals surface area contributed by atoms with Crippen LogP contribution in [-0.4, -0.2) is 21.9 Å². The van der Waals surface area contributed by atoms with Gasteiger partial charge in [-0.3, -0.25) is 4.79 Å². The molecule has 0 aliphatic carbocycles. The van der Waals surface area contributed by atoms with E-state index in [1.54, 1.807) is 36.7 Å². The maximum Gasteiger partial charge on any atom is 0.342 e. The highest BCUT2D eigenvalue weighted by atomic mass is 79.9. The molecule has 142 valence electrons. The Labute approximate surface area is 170 Å². The number of esters is 2. The molecule has 0 saturated heterocycles. The topological polar surface area (TPSA) is 78.4 Å². The van der Waals surface area contributed by atoms with Crippen LogP contribution in [0.3, 0.4) is 0 Å². The molecule has 0 amide bonds. The number of carbonyl (C=O) groups excluding carboxylic acids is 2. The van der Waals surface area contributed by atoms with E-state index in [1.807, 2.05) is 24.3 Å². The third-order valence-electron chi connectivity index (χ3n) is 3.85. The molecule has 0 spiro atoms. The van der Waals surface area contributed by atoms with Crippen molar-refractivity contribution in [3.8, 4) is 5.75 Å². The van der Waals surface area contributed by atoms with Gasteiger partial charge in [0.05, 0.1) is 6.42 Å². The van der Waals surface area contributed by atoms with E-state index in [1.165, 1.54) is 6.33 Å². The number of benzene rings is 2. The first-order chi connectivity index (χ1) is 13.6. The zero-order valence-corrected chi connectivity index (χ0v) is 16.5. The molecule has 7 heteroatoms. The average Bonchev–Trinajstić information content (AvgIpc) is 2.73. The van der Waals surface area contributed by atoms with E-state index in [-0.39, 0.29) is 24.3 Å². The number of carbonyl (C=O) groups is 2. The molecule has 0 bridgehead atoms. The number of para-hydroxylation sites is 1. The van der Waals surface area contributed by atoms with Crippen molar-refractivity contribution in [3.63, 3.8) is 0 Å². The fraction of sp³-hybridized carbons (Fsp3) is 0.143. The molecular weight excluding hydrogens is 424 g/mol. The van der Waals surface area contributed by atoms with Gasteiger partial charge in [0.15, 0.2) is 0 Å². The van der Waals surface area contributed by atoms with E-state index in [9.17, 15) is 9.59 Å². The van der Waals surface area contributed by atoms with Crippen molar-refractivity contribution < 1.29 is 19.1 Å². The van der Waals surface area contributed by atoms with Crippen molar-refractivity contribution in [1.29, 1.82) is 0 Å². The number of nitrogens with zero attached hydrogens (tertiary/aromatic N) is 2.